The highest BCUT2D eigenvalue weighted by Crippen LogP contribution is 2.33. The van der Waals surface area contributed by atoms with Gasteiger partial charge in [0.1, 0.15) is 17.1 Å². The van der Waals surface area contributed by atoms with Crippen molar-refractivity contribution in [2.45, 2.75) is 13.5 Å². The maximum Gasteiger partial charge on any atom is 0.149 e. The molecule has 0 aliphatic heterocycles. The van der Waals surface area contributed by atoms with Crippen molar-refractivity contribution < 1.29 is 13.9 Å². The Morgan fingerprint density at radius 3 is 2.74 bits per heavy atom. The molecular weight excluding hydrogens is 247 g/mol. The summed E-state index contributed by atoms with van der Waals surface area (Å²) in [6.07, 6.45) is 0. The largest absolute Gasteiger partial charge is 0.496 e. The summed E-state index contributed by atoms with van der Waals surface area (Å²) >= 11 is 0. The van der Waals surface area contributed by atoms with Crippen LogP contribution in [0.2, 0.25) is 0 Å². The molecule has 0 spiro atoms. The Morgan fingerprint density at radius 2 is 2.11 bits per heavy atom. The minimum Gasteiger partial charge on any atom is -0.496 e. The van der Waals surface area contributed by atoms with Crippen LogP contribution in [0.4, 0.5) is 10.1 Å². The highest BCUT2D eigenvalue weighted by molar-refractivity contribution is 5.97. The third kappa shape index (κ3) is 2.61. The van der Waals surface area contributed by atoms with E-state index in [9.17, 15) is 4.39 Å². The summed E-state index contributed by atoms with van der Waals surface area (Å²) in [5.41, 5.74) is 1.78. The molecule has 0 fully saturated rings. The lowest BCUT2D eigenvalue weighted by Gasteiger charge is -2.13. The number of fused-ring (bicyclic) bond motifs is 1. The molecule has 102 valence electrons. The minimum absolute atomic E-state index is 0.296. The number of benzene rings is 1. The number of rotatable bonds is 5. The van der Waals surface area contributed by atoms with E-state index in [1.54, 1.807) is 20.3 Å². The lowest BCUT2D eigenvalue weighted by atomic mass is 10.1. The van der Waals surface area contributed by atoms with Crippen LogP contribution in [0.15, 0.2) is 18.2 Å². The summed E-state index contributed by atoms with van der Waals surface area (Å²) in [7, 11) is 3.15. The van der Waals surface area contributed by atoms with Crippen molar-refractivity contribution in [2.75, 3.05) is 26.1 Å². The molecule has 0 radical (unpaired) electrons. The van der Waals surface area contributed by atoms with Gasteiger partial charge >= 0.3 is 0 Å². The molecule has 1 N–H and O–H groups in total. The van der Waals surface area contributed by atoms with E-state index < -0.39 is 0 Å². The zero-order valence-electron chi connectivity index (χ0n) is 11.3. The van der Waals surface area contributed by atoms with Crippen LogP contribution < -0.4 is 10.1 Å². The molecule has 1 aromatic carbocycles. The number of nitrogens with zero attached hydrogens (tertiary/aromatic N) is 1. The first-order valence-electron chi connectivity index (χ1n) is 6.10. The second-order valence-corrected chi connectivity index (χ2v) is 4.10. The monoisotopic (exact) mass is 264 g/mol. The second kappa shape index (κ2) is 5.84. The molecule has 1 heterocycles. The lowest BCUT2D eigenvalue weighted by molar-refractivity contribution is 0.182. The molecule has 0 amide bonds. The van der Waals surface area contributed by atoms with Crippen molar-refractivity contribution in [1.29, 1.82) is 0 Å². The van der Waals surface area contributed by atoms with Crippen LogP contribution in [0.25, 0.3) is 10.9 Å². The van der Waals surface area contributed by atoms with Crippen molar-refractivity contribution in [3.8, 4) is 5.75 Å². The van der Waals surface area contributed by atoms with Crippen LogP contribution >= 0.6 is 0 Å². The minimum atomic E-state index is -0.368. The van der Waals surface area contributed by atoms with Crippen LogP contribution in [0.1, 0.15) is 12.6 Å². The van der Waals surface area contributed by atoms with E-state index in [1.165, 1.54) is 6.07 Å². The summed E-state index contributed by atoms with van der Waals surface area (Å²) in [5.74, 6) is 0.233. The molecule has 0 aliphatic rings. The van der Waals surface area contributed by atoms with Crippen molar-refractivity contribution in [1.82, 2.24) is 4.98 Å². The van der Waals surface area contributed by atoms with E-state index in [0.29, 0.717) is 29.0 Å². The van der Waals surface area contributed by atoms with E-state index in [-0.39, 0.29) is 5.82 Å². The number of methoxy groups -OCH3 is 2. The highest BCUT2D eigenvalue weighted by atomic mass is 19.1. The molecule has 5 heteroatoms. The van der Waals surface area contributed by atoms with Gasteiger partial charge in [0.25, 0.3) is 0 Å². The third-order valence-corrected chi connectivity index (χ3v) is 2.81. The van der Waals surface area contributed by atoms with Gasteiger partial charge in [-0.2, -0.15) is 0 Å². The van der Waals surface area contributed by atoms with Gasteiger partial charge in [0, 0.05) is 19.3 Å². The molecule has 0 saturated heterocycles. The lowest BCUT2D eigenvalue weighted by Crippen LogP contribution is -2.03. The number of hydrogen-bond acceptors (Lipinski definition) is 4. The van der Waals surface area contributed by atoms with Gasteiger partial charge in [-0.1, -0.05) is 0 Å². The molecule has 0 aliphatic carbocycles. The van der Waals surface area contributed by atoms with Gasteiger partial charge < -0.3 is 14.8 Å². The Labute approximate surface area is 111 Å². The van der Waals surface area contributed by atoms with Crippen LogP contribution in [-0.2, 0) is 11.3 Å². The molecule has 0 unspecified atom stereocenters. The summed E-state index contributed by atoms with van der Waals surface area (Å²) in [6.45, 7) is 3.05. The van der Waals surface area contributed by atoms with E-state index in [4.69, 9.17) is 9.47 Å². The van der Waals surface area contributed by atoms with Crippen LogP contribution in [0.3, 0.4) is 0 Å². The standard InChI is InChI=1S/C14H17FN2O2/c1-4-16-11-7-9(8-18-2)17-14-10(15)5-6-12(19-3)13(11)14/h5-7H,4,8H2,1-3H3,(H,16,17). The first-order valence-corrected chi connectivity index (χ1v) is 6.10. The van der Waals surface area contributed by atoms with Gasteiger partial charge in [-0.3, -0.25) is 0 Å². The van der Waals surface area contributed by atoms with Gasteiger partial charge in [-0.05, 0) is 25.1 Å². The van der Waals surface area contributed by atoms with E-state index in [1.807, 2.05) is 13.0 Å². The normalized spacial score (nSPS) is 10.7. The summed E-state index contributed by atoms with van der Waals surface area (Å²) < 4.78 is 24.3. The fraction of sp³-hybridized carbons (Fsp3) is 0.357. The van der Waals surface area contributed by atoms with Crippen LogP contribution in [0.5, 0.6) is 5.75 Å². The van der Waals surface area contributed by atoms with Gasteiger partial charge in [0.15, 0.2) is 0 Å². The van der Waals surface area contributed by atoms with Crippen molar-refractivity contribution in [3.63, 3.8) is 0 Å². The number of halogens is 1. The molecular formula is C14H17FN2O2. The van der Waals surface area contributed by atoms with E-state index in [2.05, 4.69) is 10.3 Å². The predicted octanol–water partition coefficient (Wildman–Crippen LogP) is 2.96. The molecule has 0 saturated carbocycles. The van der Waals surface area contributed by atoms with Gasteiger partial charge in [0.05, 0.1) is 24.8 Å². The number of pyridine rings is 1. The zero-order chi connectivity index (χ0) is 13.8. The first kappa shape index (κ1) is 13.5. The van der Waals surface area contributed by atoms with Crippen molar-refractivity contribution in [2.24, 2.45) is 0 Å². The molecule has 2 aromatic rings. The van der Waals surface area contributed by atoms with Crippen LogP contribution in [-0.4, -0.2) is 25.7 Å². The summed E-state index contributed by atoms with van der Waals surface area (Å²) in [6, 6.07) is 4.83. The molecule has 4 nitrogen and oxygen atoms in total. The average molecular weight is 264 g/mol. The van der Waals surface area contributed by atoms with Gasteiger partial charge in [-0.15, -0.1) is 0 Å². The average Bonchev–Trinajstić information content (AvgIpc) is 2.41. The smallest absolute Gasteiger partial charge is 0.149 e. The zero-order valence-corrected chi connectivity index (χ0v) is 11.3. The Balaban J connectivity index is 2.73. The SMILES string of the molecule is CCNc1cc(COC)nc2c(F)ccc(OC)c12. The second-order valence-electron chi connectivity index (χ2n) is 4.10. The highest BCUT2D eigenvalue weighted by Gasteiger charge is 2.14. The maximum absolute atomic E-state index is 14.0. The molecule has 1 aromatic heterocycles. The number of ether oxygens (including phenoxy) is 2. The quantitative estimate of drug-likeness (QED) is 0.901. The third-order valence-electron chi connectivity index (χ3n) is 2.81. The summed E-state index contributed by atoms with van der Waals surface area (Å²) in [5, 5.41) is 3.87. The van der Waals surface area contributed by atoms with Crippen molar-refractivity contribution >= 4 is 16.6 Å². The Morgan fingerprint density at radius 1 is 1.32 bits per heavy atom. The fourth-order valence-electron chi connectivity index (χ4n) is 2.05. The molecule has 0 atom stereocenters. The Bertz CT molecular complexity index is 587. The first-order chi connectivity index (χ1) is 9.21. The molecule has 19 heavy (non-hydrogen) atoms. The number of hydrogen-bond donors (Lipinski definition) is 1. The molecule has 2 rings (SSSR count). The van der Waals surface area contributed by atoms with Gasteiger partial charge in [-0.25, -0.2) is 9.37 Å². The predicted molar refractivity (Wildman–Crippen MR) is 73.1 cm³/mol. The van der Waals surface area contributed by atoms with E-state index in [0.717, 1.165) is 12.2 Å². The molecule has 0 bridgehead atoms. The topological polar surface area (TPSA) is 43.4 Å². The van der Waals surface area contributed by atoms with Crippen molar-refractivity contribution in [3.05, 3.63) is 29.7 Å². The summed E-state index contributed by atoms with van der Waals surface area (Å²) in [4.78, 5) is 4.30. The Kier molecular flexibility index (Phi) is 4.16. The maximum atomic E-state index is 14.0. The van der Waals surface area contributed by atoms with Gasteiger partial charge in [0.2, 0.25) is 0 Å². The fourth-order valence-corrected chi connectivity index (χ4v) is 2.05. The number of nitrogens with one attached hydrogen (secondary N) is 1. The van der Waals surface area contributed by atoms with E-state index >= 15 is 0 Å². The van der Waals surface area contributed by atoms with Crippen LogP contribution in [0, 0.1) is 5.82 Å². The number of aromatic nitrogens is 1. The number of anilines is 1. The Hall–Kier alpha value is -1.88.